The number of methoxy groups -OCH3 is 1. The summed E-state index contributed by atoms with van der Waals surface area (Å²) in [6, 6.07) is 0.291. The zero-order chi connectivity index (χ0) is 14.1. The van der Waals surface area contributed by atoms with Crippen molar-refractivity contribution in [1.29, 1.82) is 0 Å². The predicted molar refractivity (Wildman–Crippen MR) is 50.5 cm³/mol. The van der Waals surface area contributed by atoms with E-state index in [1.165, 1.54) is 0 Å². The van der Waals surface area contributed by atoms with Crippen LogP contribution in [0.15, 0.2) is 6.07 Å². The molecule has 0 amide bonds. The molecule has 0 saturated carbocycles. The fourth-order valence-corrected chi connectivity index (χ4v) is 1.42. The first kappa shape index (κ1) is 14.6. The number of alkyl halides is 5. The number of hydrogen-bond acceptors (Lipinski definition) is 3. The number of carbonyl (C=O) groups excluding carboxylic acids is 1. The number of pyridine rings is 1. The number of carbonyl (C=O) groups is 1. The normalized spacial score (nSPS) is 11.8. The average molecular weight is 290 g/mol. The highest BCUT2D eigenvalue weighted by atomic mass is 35.5. The number of esters is 1. The van der Waals surface area contributed by atoms with Gasteiger partial charge in [-0.2, -0.15) is 13.2 Å². The Labute approximate surface area is 103 Å². The van der Waals surface area contributed by atoms with E-state index in [1.54, 1.807) is 0 Å². The molecule has 1 aromatic rings. The summed E-state index contributed by atoms with van der Waals surface area (Å²) in [7, 11) is 0.881. The van der Waals surface area contributed by atoms with E-state index in [2.05, 4.69) is 9.72 Å². The van der Waals surface area contributed by atoms with Gasteiger partial charge in [0.05, 0.1) is 12.1 Å². The van der Waals surface area contributed by atoms with Gasteiger partial charge in [-0.25, -0.2) is 18.6 Å². The highest BCUT2D eigenvalue weighted by molar-refractivity contribution is 6.33. The van der Waals surface area contributed by atoms with Crippen LogP contribution in [0.2, 0.25) is 5.02 Å². The second kappa shape index (κ2) is 5.05. The molecule has 0 aliphatic rings. The Hall–Kier alpha value is -1.44. The van der Waals surface area contributed by atoms with Gasteiger partial charge in [0, 0.05) is 0 Å². The molecule has 0 fully saturated rings. The van der Waals surface area contributed by atoms with Crippen molar-refractivity contribution in [3.63, 3.8) is 0 Å². The molecule has 1 rings (SSSR count). The summed E-state index contributed by atoms with van der Waals surface area (Å²) >= 11 is 5.38. The fourth-order valence-electron chi connectivity index (χ4n) is 1.14. The Morgan fingerprint density at radius 2 is 2.00 bits per heavy atom. The van der Waals surface area contributed by atoms with Gasteiger partial charge in [0.1, 0.15) is 17.0 Å². The minimum atomic E-state index is -4.94. The topological polar surface area (TPSA) is 39.2 Å². The zero-order valence-corrected chi connectivity index (χ0v) is 9.44. The van der Waals surface area contributed by atoms with E-state index < -0.39 is 40.5 Å². The number of hydrogen-bond donors (Lipinski definition) is 0. The first-order valence-corrected chi connectivity index (χ1v) is 4.70. The lowest BCUT2D eigenvalue weighted by Gasteiger charge is -2.12. The zero-order valence-electron chi connectivity index (χ0n) is 8.69. The van der Waals surface area contributed by atoms with Gasteiger partial charge in [0.2, 0.25) is 0 Å². The van der Waals surface area contributed by atoms with Gasteiger partial charge in [-0.3, -0.25) is 0 Å². The minimum Gasteiger partial charge on any atom is -0.465 e. The summed E-state index contributed by atoms with van der Waals surface area (Å²) in [6.07, 6.45) is -8.33. The maximum absolute atomic E-state index is 12.6. The lowest BCUT2D eigenvalue weighted by atomic mass is 10.1. The van der Waals surface area contributed by atoms with Crippen molar-refractivity contribution < 1.29 is 31.5 Å². The van der Waals surface area contributed by atoms with Gasteiger partial charge in [-0.15, -0.1) is 0 Å². The Morgan fingerprint density at radius 3 is 2.39 bits per heavy atom. The van der Waals surface area contributed by atoms with Gasteiger partial charge in [0.15, 0.2) is 0 Å². The van der Waals surface area contributed by atoms with Crippen molar-refractivity contribution in [3.8, 4) is 0 Å². The molecule has 18 heavy (non-hydrogen) atoms. The van der Waals surface area contributed by atoms with E-state index in [0.717, 1.165) is 7.11 Å². The SMILES string of the molecule is COC(=O)c1c(Cl)cc(C(F)(F)F)nc1C(F)F. The molecule has 0 unspecified atom stereocenters. The van der Waals surface area contributed by atoms with Crippen molar-refractivity contribution in [1.82, 2.24) is 4.98 Å². The van der Waals surface area contributed by atoms with E-state index in [9.17, 15) is 26.7 Å². The molecule has 0 saturated heterocycles. The van der Waals surface area contributed by atoms with Crippen LogP contribution in [0.1, 0.15) is 28.2 Å². The average Bonchev–Trinajstić information content (AvgIpc) is 2.25. The molecule has 0 aliphatic carbocycles. The first-order chi connectivity index (χ1) is 8.18. The molecule has 0 N–H and O–H groups in total. The van der Waals surface area contributed by atoms with Gasteiger partial charge < -0.3 is 4.74 Å². The van der Waals surface area contributed by atoms with Crippen LogP contribution in [0.25, 0.3) is 0 Å². The van der Waals surface area contributed by atoms with Gasteiger partial charge in [0.25, 0.3) is 6.43 Å². The predicted octanol–water partition coefficient (Wildman–Crippen LogP) is 3.48. The maximum Gasteiger partial charge on any atom is 0.433 e. The Morgan fingerprint density at radius 1 is 1.44 bits per heavy atom. The molecule has 9 heteroatoms. The Kier molecular flexibility index (Phi) is 4.10. The van der Waals surface area contributed by atoms with Gasteiger partial charge >= 0.3 is 12.1 Å². The van der Waals surface area contributed by atoms with Crippen LogP contribution in [0.5, 0.6) is 0 Å². The number of rotatable bonds is 2. The Balaban J connectivity index is 3.51. The molecule has 0 aliphatic heterocycles. The van der Waals surface area contributed by atoms with Crippen LogP contribution in [0.3, 0.4) is 0 Å². The van der Waals surface area contributed by atoms with Crippen LogP contribution in [0, 0.1) is 0 Å². The highest BCUT2D eigenvalue weighted by Gasteiger charge is 2.36. The quantitative estimate of drug-likeness (QED) is 0.618. The number of halogens is 6. The summed E-state index contributed by atoms with van der Waals surface area (Å²) in [6.45, 7) is 0. The van der Waals surface area contributed by atoms with Crippen LogP contribution in [-0.2, 0) is 10.9 Å². The molecule has 1 aromatic heterocycles. The van der Waals surface area contributed by atoms with Crippen LogP contribution in [0.4, 0.5) is 22.0 Å². The minimum absolute atomic E-state index is 0.291. The summed E-state index contributed by atoms with van der Waals surface area (Å²) in [5.41, 5.74) is -3.83. The lowest BCUT2D eigenvalue weighted by Crippen LogP contribution is -2.15. The molecule has 0 aromatic carbocycles. The molecular weight excluding hydrogens is 285 g/mol. The van der Waals surface area contributed by atoms with Gasteiger partial charge in [-0.05, 0) is 6.07 Å². The number of nitrogens with zero attached hydrogens (tertiary/aromatic N) is 1. The molecule has 0 bridgehead atoms. The van der Waals surface area contributed by atoms with E-state index in [4.69, 9.17) is 11.6 Å². The largest absolute Gasteiger partial charge is 0.465 e. The van der Waals surface area contributed by atoms with Crippen LogP contribution in [-0.4, -0.2) is 18.1 Å². The summed E-state index contributed by atoms with van der Waals surface area (Å²) in [5.74, 6) is -1.28. The Bertz CT molecular complexity index is 475. The van der Waals surface area contributed by atoms with E-state index >= 15 is 0 Å². The molecular formula is C9H5ClF5NO2. The maximum atomic E-state index is 12.6. The van der Waals surface area contributed by atoms with E-state index in [1.807, 2.05) is 0 Å². The van der Waals surface area contributed by atoms with Crippen LogP contribution >= 0.6 is 11.6 Å². The fraction of sp³-hybridized carbons (Fsp3) is 0.333. The standard InChI is InChI=1S/C9H5ClF5NO2/c1-18-8(17)5-3(10)2-4(9(13,14)15)16-6(5)7(11)12/h2,7H,1H3. The molecule has 1 heterocycles. The molecule has 0 spiro atoms. The summed E-state index contributed by atoms with van der Waals surface area (Å²) in [4.78, 5) is 13.9. The monoisotopic (exact) mass is 289 g/mol. The third-order valence-electron chi connectivity index (χ3n) is 1.89. The van der Waals surface area contributed by atoms with Crippen molar-refractivity contribution in [2.24, 2.45) is 0 Å². The summed E-state index contributed by atoms with van der Waals surface area (Å²) < 4.78 is 66.3. The molecule has 0 radical (unpaired) electrons. The summed E-state index contributed by atoms with van der Waals surface area (Å²) in [5, 5.41) is -0.792. The lowest BCUT2D eigenvalue weighted by molar-refractivity contribution is -0.141. The number of aromatic nitrogens is 1. The smallest absolute Gasteiger partial charge is 0.433 e. The first-order valence-electron chi connectivity index (χ1n) is 4.32. The second-order valence-electron chi connectivity index (χ2n) is 3.04. The van der Waals surface area contributed by atoms with Gasteiger partial charge in [-0.1, -0.05) is 11.6 Å². The van der Waals surface area contributed by atoms with E-state index in [-0.39, 0.29) is 0 Å². The van der Waals surface area contributed by atoms with Crippen molar-refractivity contribution in [2.75, 3.05) is 7.11 Å². The van der Waals surface area contributed by atoms with Crippen molar-refractivity contribution in [3.05, 3.63) is 28.0 Å². The molecule has 0 atom stereocenters. The van der Waals surface area contributed by atoms with Crippen LogP contribution < -0.4 is 0 Å². The van der Waals surface area contributed by atoms with Crippen molar-refractivity contribution in [2.45, 2.75) is 12.6 Å². The molecule has 3 nitrogen and oxygen atoms in total. The second-order valence-corrected chi connectivity index (χ2v) is 3.45. The molecule has 100 valence electrons. The van der Waals surface area contributed by atoms with Crippen molar-refractivity contribution >= 4 is 17.6 Å². The van der Waals surface area contributed by atoms with E-state index in [0.29, 0.717) is 6.07 Å². The third kappa shape index (κ3) is 2.87. The third-order valence-corrected chi connectivity index (χ3v) is 2.18. The number of ether oxygens (including phenoxy) is 1. The highest BCUT2D eigenvalue weighted by Crippen LogP contribution is 2.34.